The van der Waals surface area contributed by atoms with Crippen molar-refractivity contribution in [1.82, 2.24) is 34.8 Å². The summed E-state index contributed by atoms with van der Waals surface area (Å²) in [7, 11) is 0. The highest BCUT2D eigenvalue weighted by Crippen LogP contribution is 2.46. The summed E-state index contributed by atoms with van der Waals surface area (Å²) in [6, 6.07) is 8.08. The van der Waals surface area contributed by atoms with Gasteiger partial charge in [-0.1, -0.05) is 13.2 Å². The van der Waals surface area contributed by atoms with Gasteiger partial charge >= 0.3 is 18.3 Å². The number of aliphatic carboxylic acids is 1. The van der Waals surface area contributed by atoms with Crippen molar-refractivity contribution in [3.05, 3.63) is 109 Å². The van der Waals surface area contributed by atoms with Gasteiger partial charge in [0.1, 0.15) is 35.9 Å². The Kier molecular flexibility index (Phi) is 15.4. The number of halogens is 10. The number of hydrogen-bond acceptors (Lipinski definition) is 12. The van der Waals surface area contributed by atoms with Crippen LogP contribution in [0.1, 0.15) is 55.4 Å². The SMILES string of the molecule is C=CC(=O)N1CCN(c2ncnc3cc(-c4nc(N)ccc4C(F)(F)F)c(C(C)(F)F)cc23)CC1.C=CC(=O)O.CC(F)(F)c1cc2c(N3CCCCC3)ncnc2cc1-c1nc(N)ccc1C(F)(F)F. The third kappa shape index (κ3) is 12.2. The number of benzene rings is 2. The van der Waals surface area contributed by atoms with Crippen molar-refractivity contribution in [2.75, 3.05) is 60.5 Å². The lowest BCUT2D eigenvalue weighted by molar-refractivity contribution is -0.138. The lowest BCUT2D eigenvalue weighted by Gasteiger charge is -2.35. The summed E-state index contributed by atoms with van der Waals surface area (Å²) in [5, 5.41) is 8.21. The van der Waals surface area contributed by atoms with E-state index in [0.29, 0.717) is 57.0 Å². The highest BCUT2D eigenvalue weighted by Gasteiger charge is 2.40. The molecule has 4 aromatic heterocycles. The zero-order chi connectivity index (χ0) is 52.2. The Hall–Kier alpha value is -7.66. The molecule has 0 spiro atoms. The van der Waals surface area contributed by atoms with Crippen molar-refractivity contribution in [2.45, 2.75) is 57.3 Å². The smallest absolute Gasteiger partial charge is 0.418 e. The van der Waals surface area contributed by atoms with Gasteiger partial charge in [0.15, 0.2) is 0 Å². The van der Waals surface area contributed by atoms with Crippen LogP contribution in [-0.4, -0.2) is 91.1 Å². The van der Waals surface area contributed by atoms with Crippen LogP contribution >= 0.6 is 0 Å². The Bertz CT molecular complexity index is 2960. The van der Waals surface area contributed by atoms with E-state index in [2.05, 4.69) is 43.1 Å². The lowest BCUT2D eigenvalue weighted by Crippen LogP contribution is -2.48. The number of pyridine rings is 2. The fourth-order valence-corrected chi connectivity index (χ4v) is 7.99. The Balaban J connectivity index is 0.000000213. The molecule has 0 radical (unpaired) electrons. The summed E-state index contributed by atoms with van der Waals surface area (Å²) in [5.74, 6) is -7.75. The van der Waals surface area contributed by atoms with E-state index in [1.165, 1.54) is 30.9 Å². The highest BCUT2D eigenvalue weighted by molar-refractivity contribution is 5.95. The lowest BCUT2D eigenvalue weighted by atomic mass is 9.94. The van der Waals surface area contributed by atoms with Crippen LogP contribution in [0, 0.1) is 0 Å². The monoisotopic (exact) mass is 1000 g/mol. The minimum atomic E-state index is -4.84. The van der Waals surface area contributed by atoms with Gasteiger partial charge in [-0.15, -0.1) is 0 Å². The Morgan fingerprint density at radius 1 is 0.577 bits per heavy atom. The standard InChI is InChI=1S/C23H21F5N6O.C21H20F5N5.C3H4O2/c1-3-19(35)33-6-8-34(9-7-33)21-14-10-16(22(2,24)25)13(11-17(14)30-12-31-21)20-15(23(26,27)28)4-5-18(29)32-20;1-20(22,23)15-9-13-16(28-11-29-19(13)31-7-3-2-4-8-31)10-12(15)18-14(21(24,25)26)5-6-17(27)30-18;1-2-3(4)5/h3-5,10-12H,1,6-9H2,2H3,(H2,29,32);5-6,9-11H,2-4,7-8H2,1H3,(H2,27,30);2H,1H2,(H,4,5). The Morgan fingerprint density at radius 3 is 1.32 bits per heavy atom. The average molecular weight is 1000 g/mol. The van der Waals surface area contributed by atoms with Crippen molar-refractivity contribution in [3.63, 3.8) is 0 Å². The minimum Gasteiger partial charge on any atom is -0.478 e. The van der Waals surface area contributed by atoms with Crippen LogP contribution < -0.4 is 21.3 Å². The molecule has 14 nitrogen and oxygen atoms in total. The second-order valence-corrected chi connectivity index (χ2v) is 16.4. The second-order valence-electron chi connectivity index (χ2n) is 16.4. The molecule has 24 heteroatoms. The van der Waals surface area contributed by atoms with Crippen molar-refractivity contribution in [3.8, 4) is 22.5 Å². The number of nitrogens with two attached hydrogens (primary N) is 2. The molecule has 2 aliphatic rings. The minimum absolute atomic E-state index is 0.167. The van der Waals surface area contributed by atoms with E-state index < -0.39 is 69.4 Å². The third-order valence-corrected chi connectivity index (χ3v) is 11.3. The Morgan fingerprint density at radius 2 is 0.972 bits per heavy atom. The van der Waals surface area contributed by atoms with Gasteiger partial charge in [-0.3, -0.25) is 4.79 Å². The van der Waals surface area contributed by atoms with Gasteiger partial charge < -0.3 is 31.3 Å². The van der Waals surface area contributed by atoms with Crippen molar-refractivity contribution in [2.24, 2.45) is 0 Å². The highest BCUT2D eigenvalue weighted by atomic mass is 19.4. The number of aromatic nitrogens is 6. The van der Waals surface area contributed by atoms with E-state index in [-0.39, 0.29) is 39.5 Å². The molecule has 0 unspecified atom stereocenters. The zero-order valence-corrected chi connectivity index (χ0v) is 37.9. The fraction of sp³-hybridized carbons (Fsp3) is 0.319. The molecule has 2 aliphatic heterocycles. The first-order chi connectivity index (χ1) is 33.2. The normalized spacial score (nSPS) is 14.6. The molecule has 1 amide bonds. The summed E-state index contributed by atoms with van der Waals surface area (Å²) >= 11 is 0. The molecule has 2 fully saturated rings. The number of alkyl halides is 10. The van der Waals surface area contributed by atoms with E-state index in [4.69, 9.17) is 16.6 Å². The van der Waals surface area contributed by atoms with Gasteiger partial charge in [-0.05, 0) is 73.9 Å². The summed E-state index contributed by atoms with van der Waals surface area (Å²) < 4.78 is 141. The molecule has 2 saturated heterocycles. The summed E-state index contributed by atoms with van der Waals surface area (Å²) in [5.41, 5.74) is 5.94. The van der Waals surface area contributed by atoms with Gasteiger partial charge in [-0.2, -0.15) is 26.3 Å². The van der Waals surface area contributed by atoms with Gasteiger partial charge in [0.05, 0.1) is 33.5 Å². The van der Waals surface area contributed by atoms with Crippen LogP contribution in [0.15, 0.2) is 86.5 Å². The number of hydrogen-bond donors (Lipinski definition) is 3. The molecule has 6 aromatic rings. The number of nitrogen functional groups attached to an aromatic ring is 2. The van der Waals surface area contributed by atoms with Crippen LogP contribution in [0.4, 0.5) is 67.2 Å². The maximum Gasteiger partial charge on any atom is 0.418 e. The van der Waals surface area contributed by atoms with Crippen LogP contribution in [0.25, 0.3) is 44.3 Å². The van der Waals surface area contributed by atoms with Crippen LogP contribution in [0.2, 0.25) is 0 Å². The Labute approximate surface area is 398 Å². The number of amides is 1. The number of carboxylic acids is 1. The summed E-state index contributed by atoms with van der Waals surface area (Å²) in [6.45, 7) is 10.6. The molecule has 2 aromatic carbocycles. The second kappa shape index (κ2) is 20.7. The summed E-state index contributed by atoms with van der Waals surface area (Å²) in [6.07, 6.45) is -2.12. The first-order valence-electron chi connectivity index (χ1n) is 21.5. The molecule has 71 heavy (non-hydrogen) atoms. The predicted molar refractivity (Wildman–Crippen MR) is 246 cm³/mol. The third-order valence-electron chi connectivity index (χ3n) is 11.3. The van der Waals surface area contributed by atoms with Gasteiger partial charge in [0.2, 0.25) is 5.91 Å². The number of nitrogens with zero attached hydrogens (tertiary/aromatic N) is 9. The maximum absolute atomic E-state index is 14.8. The van der Waals surface area contributed by atoms with Crippen LogP contribution in [-0.2, 0) is 33.8 Å². The number of anilines is 4. The topological polar surface area (TPSA) is 193 Å². The van der Waals surface area contributed by atoms with E-state index in [0.717, 1.165) is 74.8 Å². The molecule has 376 valence electrons. The fourth-order valence-electron chi connectivity index (χ4n) is 7.99. The molecule has 6 heterocycles. The number of piperidine rings is 1. The van der Waals surface area contributed by atoms with Crippen molar-refractivity contribution in [1.29, 1.82) is 0 Å². The molecule has 0 bridgehead atoms. The number of carbonyl (C=O) groups is 2. The average Bonchev–Trinajstić information content (AvgIpc) is 3.31. The largest absolute Gasteiger partial charge is 0.478 e. The molecule has 8 rings (SSSR count). The van der Waals surface area contributed by atoms with Gasteiger partial charge in [0.25, 0.3) is 11.8 Å². The maximum atomic E-state index is 14.8. The van der Waals surface area contributed by atoms with Crippen LogP contribution in [0.5, 0.6) is 0 Å². The van der Waals surface area contributed by atoms with Crippen molar-refractivity contribution < 1.29 is 58.6 Å². The molecular formula is C47H45F10N11O3. The number of piperazine rings is 1. The zero-order valence-electron chi connectivity index (χ0n) is 37.9. The van der Waals surface area contributed by atoms with Gasteiger partial charge in [-0.25, -0.2) is 52.3 Å². The van der Waals surface area contributed by atoms with E-state index in [1.807, 2.05) is 9.80 Å². The summed E-state index contributed by atoms with van der Waals surface area (Å²) in [4.78, 5) is 50.8. The van der Waals surface area contributed by atoms with E-state index >= 15 is 0 Å². The molecule has 0 saturated carbocycles. The predicted octanol–water partition coefficient (Wildman–Crippen LogP) is 9.89. The quantitative estimate of drug-likeness (QED) is 0.0965. The molecule has 0 aliphatic carbocycles. The first-order valence-corrected chi connectivity index (χ1v) is 21.5. The molecule has 5 N–H and O–H groups in total. The van der Waals surface area contributed by atoms with E-state index in [9.17, 15) is 53.5 Å². The molecular weight excluding hydrogens is 957 g/mol. The van der Waals surface area contributed by atoms with Gasteiger partial charge in [0, 0.05) is 92.2 Å². The number of carbonyl (C=O) groups excluding carboxylic acids is 1. The first kappa shape index (κ1) is 52.7. The number of fused-ring (bicyclic) bond motifs is 2. The van der Waals surface area contributed by atoms with Crippen LogP contribution in [0.3, 0.4) is 0 Å². The van der Waals surface area contributed by atoms with Crippen molar-refractivity contribution >= 4 is 57.0 Å². The number of carboxylic acid groups (broad SMARTS) is 1. The number of rotatable bonds is 8. The van der Waals surface area contributed by atoms with E-state index in [1.54, 1.807) is 4.90 Å². The molecule has 0 atom stereocenters.